The van der Waals surface area contributed by atoms with Gasteiger partial charge in [-0.1, -0.05) is 18.5 Å². The number of halogens is 4. The molecule has 1 aromatic carbocycles. The lowest BCUT2D eigenvalue weighted by Crippen LogP contribution is -2.67. The molecule has 3 aromatic rings. The number of benzene rings is 1. The summed E-state index contributed by atoms with van der Waals surface area (Å²) in [6, 6.07) is 2.34. The molecule has 1 saturated heterocycles. The summed E-state index contributed by atoms with van der Waals surface area (Å²) < 4.78 is 52.0. The number of carbonyl (C=O) groups is 2. The molecule has 1 aliphatic heterocycles. The van der Waals surface area contributed by atoms with Gasteiger partial charge in [0, 0.05) is 24.8 Å². The molecule has 2 fully saturated rings. The van der Waals surface area contributed by atoms with E-state index in [0.29, 0.717) is 36.6 Å². The third-order valence-electron chi connectivity index (χ3n) is 8.19. The monoisotopic (exact) mass is 664 g/mol. The van der Waals surface area contributed by atoms with E-state index >= 15 is 0 Å². The van der Waals surface area contributed by atoms with Gasteiger partial charge in [-0.05, 0) is 65.2 Å². The van der Waals surface area contributed by atoms with Crippen molar-refractivity contribution >= 4 is 46.1 Å². The van der Waals surface area contributed by atoms with E-state index in [1.807, 2.05) is 32.6 Å². The lowest BCUT2D eigenvalue weighted by Gasteiger charge is -2.54. The fourth-order valence-electron chi connectivity index (χ4n) is 6.04. The molecule has 1 aliphatic carbocycles. The number of rotatable bonds is 6. The summed E-state index contributed by atoms with van der Waals surface area (Å²) in [5.74, 6) is -0.442. The summed E-state index contributed by atoms with van der Waals surface area (Å²) in [4.78, 5) is 53.4. The third-order valence-corrected chi connectivity index (χ3v) is 8.51. The van der Waals surface area contributed by atoms with Gasteiger partial charge in [0.15, 0.2) is 11.2 Å². The fourth-order valence-corrected chi connectivity index (χ4v) is 6.27. The molecule has 46 heavy (non-hydrogen) atoms. The summed E-state index contributed by atoms with van der Waals surface area (Å²) in [5, 5.41) is 2.31. The summed E-state index contributed by atoms with van der Waals surface area (Å²) in [6.45, 7) is 9.28. The van der Waals surface area contributed by atoms with Gasteiger partial charge >= 0.3 is 12.3 Å². The maximum absolute atomic E-state index is 14.2. The zero-order valence-electron chi connectivity index (χ0n) is 26.4. The van der Waals surface area contributed by atoms with Gasteiger partial charge < -0.3 is 29.2 Å². The molecule has 2 unspecified atom stereocenters. The van der Waals surface area contributed by atoms with Crippen molar-refractivity contribution in [3.8, 4) is 5.88 Å². The van der Waals surface area contributed by atoms with E-state index in [1.165, 1.54) is 7.11 Å². The van der Waals surface area contributed by atoms with E-state index in [1.54, 1.807) is 16.4 Å². The average Bonchev–Trinajstić information content (AvgIpc) is 2.94. The Hall–Kier alpha value is -4.07. The second kappa shape index (κ2) is 12.3. The quantitative estimate of drug-likeness (QED) is 0.364. The Bertz CT molecular complexity index is 1760. The summed E-state index contributed by atoms with van der Waals surface area (Å²) in [6.07, 6.45) is -3.18. The van der Waals surface area contributed by atoms with Crippen LogP contribution in [0.2, 0.25) is 5.02 Å². The van der Waals surface area contributed by atoms with Gasteiger partial charge in [0.25, 0.3) is 0 Å². The molecule has 1 N–H and O–H groups in total. The van der Waals surface area contributed by atoms with E-state index in [4.69, 9.17) is 21.1 Å². The lowest BCUT2D eigenvalue weighted by molar-refractivity contribution is -0.137. The molecule has 11 nitrogen and oxygen atoms in total. The number of ether oxygens (including phenoxy) is 2. The van der Waals surface area contributed by atoms with Crippen molar-refractivity contribution in [1.29, 1.82) is 0 Å². The number of nitrogens with zero attached hydrogens (tertiary/aromatic N) is 5. The van der Waals surface area contributed by atoms with E-state index in [0.717, 1.165) is 31.0 Å². The number of aromatic nitrogens is 3. The highest BCUT2D eigenvalue weighted by Gasteiger charge is 2.47. The van der Waals surface area contributed by atoms with Crippen molar-refractivity contribution < 1.29 is 32.2 Å². The lowest BCUT2D eigenvalue weighted by atomic mass is 9.81. The highest BCUT2D eigenvalue weighted by molar-refractivity contribution is 6.33. The normalized spacial score (nSPS) is 18.2. The van der Waals surface area contributed by atoms with Crippen LogP contribution in [-0.2, 0) is 28.7 Å². The topological polar surface area (TPSA) is 119 Å². The van der Waals surface area contributed by atoms with Crippen LogP contribution in [0.4, 0.5) is 29.3 Å². The number of amides is 2. The Balaban J connectivity index is 1.55. The SMILES string of the molecule is CCc1c(N2CCN(C(=O)OC(C)(C)C)C3CCC32)c(=O)c2nc(OC)c(C)nc2n1CC(=O)Nc1ccc(C(F)(F)F)cc1Cl. The van der Waals surface area contributed by atoms with Crippen molar-refractivity contribution in [2.45, 2.75) is 84.3 Å². The molecule has 0 radical (unpaired) electrons. The number of methoxy groups -OCH3 is 1. The summed E-state index contributed by atoms with van der Waals surface area (Å²) in [5.41, 5.74) is -0.532. The zero-order chi connectivity index (χ0) is 33.7. The number of hydrogen-bond acceptors (Lipinski definition) is 8. The minimum atomic E-state index is -4.59. The van der Waals surface area contributed by atoms with Crippen molar-refractivity contribution in [2.24, 2.45) is 0 Å². The van der Waals surface area contributed by atoms with E-state index in [9.17, 15) is 27.6 Å². The van der Waals surface area contributed by atoms with Gasteiger partial charge in [0.2, 0.25) is 17.2 Å². The van der Waals surface area contributed by atoms with Crippen molar-refractivity contribution in [1.82, 2.24) is 19.4 Å². The van der Waals surface area contributed by atoms with Crippen LogP contribution in [0.15, 0.2) is 23.0 Å². The van der Waals surface area contributed by atoms with Gasteiger partial charge in [0.05, 0.1) is 29.4 Å². The first-order valence-corrected chi connectivity index (χ1v) is 15.3. The van der Waals surface area contributed by atoms with Gasteiger partial charge in [-0.3, -0.25) is 9.59 Å². The largest absolute Gasteiger partial charge is 0.480 e. The number of aryl methyl sites for hydroxylation is 1. The molecular formula is C31H36ClF3N6O5. The summed E-state index contributed by atoms with van der Waals surface area (Å²) in [7, 11) is 1.42. The molecule has 2 amide bonds. The minimum Gasteiger partial charge on any atom is -0.480 e. The van der Waals surface area contributed by atoms with Crippen LogP contribution in [0.5, 0.6) is 5.88 Å². The first kappa shape index (κ1) is 33.3. The van der Waals surface area contributed by atoms with E-state index in [-0.39, 0.29) is 51.8 Å². The number of hydrogen-bond donors (Lipinski definition) is 1. The van der Waals surface area contributed by atoms with Crippen LogP contribution in [0.3, 0.4) is 0 Å². The Labute approximate surface area is 268 Å². The first-order chi connectivity index (χ1) is 21.5. The maximum atomic E-state index is 14.2. The van der Waals surface area contributed by atoms with Crippen LogP contribution < -0.4 is 20.4 Å². The molecule has 3 heterocycles. The number of pyridine rings is 1. The smallest absolute Gasteiger partial charge is 0.416 e. The standard InChI is InChI=1S/C31H36ClF3N6O5/c1-7-20-25(39-12-13-40(22-11-10-21(22)39)29(44)46-30(3,4)5)26(43)24-27(36-16(2)28(38-24)45-6)41(20)15-23(42)37-19-9-8-17(14-18(19)32)31(33,34)35/h8-9,14,21-22H,7,10-13,15H2,1-6H3,(H,37,42). The molecule has 0 bridgehead atoms. The average molecular weight is 665 g/mol. The van der Waals surface area contributed by atoms with Crippen LogP contribution in [0.25, 0.3) is 11.2 Å². The predicted octanol–water partition coefficient (Wildman–Crippen LogP) is 5.57. The predicted molar refractivity (Wildman–Crippen MR) is 167 cm³/mol. The number of carbonyl (C=O) groups excluding carboxylic acids is 2. The molecule has 2 aliphatic rings. The second-order valence-corrected chi connectivity index (χ2v) is 12.8. The molecular weight excluding hydrogens is 629 g/mol. The van der Waals surface area contributed by atoms with Crippen molar-refractivity contribution in [3.63, 3.8) is 0 Å². The molecule has 2 atom stereocenters. The number of piperazine rings is 1. The van der Waals surface area contributed by atoms with E-state index < -0.39 is 29.3 Å². The summed E-state index contributed by atoms with van der Waals surface area (Å²) >= 11 is 6.10. The van der Waals surface area contributed by atoms with Gasteiger partial charge in [-0.15, -0.1) is 0 Å². The van der Waals surface area contributed by atoms with Crippen LogP contribution >= 0.6 is 11.6 Å². The van der Waals surface area contributed by atoms with Crippen LogP contribution in [0.1, 0.15) is 57.5 Å². The molecule has 15 heteroatoms. The highest BCUT2D eigenvalue weighted by atomic mass is 35.5. The Morgan fingerprint density at radius 3 is 2.37 bits per heavy atom. The Morgan fingerprint density at radius 2 is 1.80 bits per heavy atom. The third kappa shape index (κ3) is 6.31. The molecule has 248 valence electrons. The Morgan fingerprint density at radius 1 is 1.11 bits per heavy atom. The first-order valence-electron chi connectivity index (χ1n) is 14.9. The number of fused-ring (bicyclic) bond motifs is 2. The number of nitrogens with one attached hydrogen (secondary N) is 1. The van der Waals surface area contributed by atoms with Crippen molar-refractivity contribution in [2.75, 3.05) is 30.4 Å². The van der Waals surface area contributed by atoms with Gasteiger partial charge in [-0.25, -0.2) is 14.8 Å². The maximum Gasteiger partial charge on any atom is 0.416 e. The zero-order valence-corrected chi connectivity index (χ0v) is 27.2. The number of alkyl halides is 3. The molecule has 0 spiro atoms. The Kier molecular flexibility index (Phi) is 8.88. The van der Waals surface area contributed by atoms with Gasteiger partial charge in [0.1, 0.15) is 23.5 Å². The second-order valence-electron chi connectivity index (χ2n) is 12.4. The minimum absolute atomic E-state index is 0.000424. The fraction of sp³-hybridized carbons (Fsp3) is 0.516. The molecule has 5 rings (SSSR count). The van der Waals surface area contributed by atoms with Crippen LogP contribution in [-0.4, -0.2) is 69.3 Å². The number of anilines is 2. The van der Waals surface area contributed by atoms with E-state index in [2.05, 4.69) is 15.3 Å². The van der Waals surface area contributed by atoms with Crippen molar-refractivity contribution in [3.05, 3.63) is 50.4 Å². The van der Waals surface area contributed by atoms with Crippen LogP contribution in [0, 0.1) is 6.92 Å². The molecule has 2 aromatic heterocycles. The molecule has 1 saturated carbocycles. The highest BCUT2D eigenvalue weighted by Crippen LogP contribution is 2.38. The van der Waals surface area contributed by atoms with Gasteiger partial charge in [-0.2, -0.15) is 13.2 Å².